The molecule has 2 aromatic rings. The zero-order chi connectivity index (χ0) is 13.8. The van der Waals surface area contributed by atoms with E-state index in [0.29, 0.717) is 12.0 Å². The highest BCUT2D eigenvalue weighted by molar-refractivity contribution is 5.81. The fourth-order valence-corrected chi connectivity index (χ4v) is 2.93. The van der Waals surface area contributed by atoms with Gasteiger partial charge in [-0.05, 0) is 38.8 Å². The Labute approximate surface area is 116 Å². The SMILES string of the molecule is CCC(NC)C(C)Cc1nn(CC)c2ccccc12. The van der Waals surface area contributed by atoms with E-state index in [4.69, 9.17) is 5.10 Å². The van der Waals surface area contributed by atoms with Crippen LogP contribution in [0.3, 0.4) is 0 Å². The largest absolute Gasteiger partial charge is 0.317 e. The van der Waals surface area contributed by atoms with Crippen molar-refractivity contribution >= 4 is 10.9 Å². The van der Waals surface area contributed by atoms with Gasteiger partial charge in [0.1, 0.15) is 0 Å². The molecule has 0 amide bonds. The topological polar surface area (TPSA) is 29.9 Å². The summed E-state index contributed by atoms with van der Waals surface area (Å²) < 4.78 is 2.11. The van der Waals surface area contributed by atoms with Crippen molar-refractivity contribution in [1.29, 1.82) is 0 Å². The molecule has 1 aromatic heterocycles. The summed E-state index contributed by atoms with van der Waals surface area (Å²) in [5.41, 5.74) is 2.49. The average Bonchev–Trinajstić information content (AvgIpc) is 2.78. The Bertz CT molecular complexity index is 526. The molecule has 0 aliphatic heterocycles. The molecule has 19 heavy (non-hydrogen) atoms. The van der Waals surface area contributed by atoms with E-state index in [1.807, 2.05) is 7.05 Å². The first-order valence-corrected chi connectivity index (χ1v) is 7.32. The van der Waals surface area contributed by atoms with Gasteiger partial charge >= 0.3 is 0 Å². The van der Waals surface area contributed by atoms with Crippen LogP contribution >= 0.6 is 0 Å². The van der Waals surface area contributed by atoms with Gasteiger partial charge in [0.15, 0.2) is 0 Å². The van der Waals surface area contributed by atoms with E-state index in [9.17, 15) is 0 Å². The minimum atomic E-state index is 0.561. The fraction of sp³-hybridized carbons (Fsp3) is 0.562. The van der Waals surface area contributed by atoms with Crippen molar-refractivity contribution in [3.8, 4) is 0 Å². The third kappa shape index (κ3) is 2.81. The van der Waals surface area contributed by atoms with E-state index in [1.54, 1.807) is 0 Å². The Morgan fingerprint density at radius 3 is 2.63 bits per heavy atom. The zero-order valence-corrected chi connectivity index (χ0v) is 12.5. The van der Waals surface area contributed by atoms with Crippen molar-refractivity contribution in [3.05, 3.63) is 30.0 Å². The van der Waals surface area contributed by atoms with Crippen molar-refractivity contribution in [2.45, 2.75) is 46.2 Å². The van der Waals surface area contributed by atoms with Gasteiger partial charge in [-0.1, -0.05) is 32.0 Å². The van der Waals surface area contributed by atoms with Crippen LogP contribution in [0.2, 0.25) is 0 Å². The Morgan fingerprint density at radius 1 is 1.26 bits per heavy atom. The van der Waals surface area contributed by atoms with Crippen LogP contribution in [0.5, 0.6) is 0 Å². The number of rotatable bonds is 6. The van der Waals surface area contributed by atoms with Crippen LogP contribution in [-0.2, 0) is 13.0 Å². The van der Waals surface area contributed by atoms with Crippen LogP contribution in [0.15, 0.2) is 24.3 Å². The second kappa shape index (κ2) is 6.20. The van der Waals surface area contributed by atoms with Gasteiger partial charge in [0.05, 0.1) is 11.2 Å². The first kappa shape index (κ1) is 14.1. The molecular formula is C16H25N3. The van der Waals surface area contributed by atoms with Gasteiger partial charge in [-0.25, -0.2) is 0 Å². The first-order valence-electron chi connectivity index (χ1n) is 7.32. The lowest BCUT2D eigenvalue weighted by atomic mass is 9.94. The lowest BCUT2D eigenvalue weighted by Gasteiger charge is -2.21. The van der Waals surface area contributed by atoms with Crippen LogP contribution in [-0.4, -0.2) is 22.9 Å². The summed E-state index contributed by atoms with van der Waals surface area (Å²) in [5, 5.41) is 9.50. The number of para-hydroxylation sites is 1. The molecule has 2 rings (SSSR count). The van der Waals surface area contributed by atoms with Crippen molar-refractivity contribution < 1.29 is 0 Å². The van der Waals surface area contributed by atoms with Gasteiger partial charge in [0.25, 0.3) is 0 Å². The van der Waals surface area contributed by atoms with E-state index in [2.05, 4.69) is 55.0 Å². The third-order valence-corrected chi connectivity index (χ3v) is 4.05. The van der Waals surface area contributed by atoms with E-state index in [-0.39, 0.29) is 0 Å². The lowest BCUT2D eigenvalue weighted by molar-refractivity contribution is 0.383. The van der Waals surface area contributed by atoms with Crippen molar-refractivity contribution in [2.24, 2.45) is 5.92 Å². The number of nitrogens with zero attached hydrogens (tertiary/aromatic N) is 2. The van der Waals surface area contributed by atoms with E-state index in [0.717, 1.165) is 19.4 Å². The molecule has 0 bridgehead atoms. The Kier molecular flexibility index (Phi) is 4.59. The summed E-state index contributed by atoms with van der Waals surface area (Å²) in [6.07, 6.45) is 2.19. The summed E-state index contributed by atoms with van der Waals surface area (Å²) in [4.78, 5) is 0. The second-order valence-electron chi connectivity index (χ2n) is 5.26. The number of aromatic nitrogens is 2. The molecule has 104 valence electrons. The maximum absolute atomic E-state index is 4.79. The molecule has 0 fully saturated rings. The molecule has 2 unspecified atom stereocenters. The molecule has 3 heteroatoms. The quantitative estimate of drug-likeness (QED) is 0.863. The van der Waals surface area contributed by atoms with Gasteiger partial charge in [0, 0.05) is 18.0 Å². The number of hydrogen-bond donors (Lipinski definition) is 1. The summed E-state index contributed by atoms with van der Waals surface area (Å²) in [6.45, 7) is 7.62. The van der Waals surface area contributed by atoms with Crippen LogP contribution in [0, 0.1) is 5.92 Å². The molecule has 0 aliphatic rings. The molecule has 3 nitrogen and oxygen atoms in total. The predicted molar refractivity (Wildman–Crippen MR) is 81.4 cm³/mol. The highest BCUT2D eigenvalue weighted by atomic mass is 15.3. The van der Waals surface area contributed by atoms with Gasteiger partial charge < -0.3 is 5.32 Å². The number of aryl methyl sites for hydroxylation is 1. The van der Waals surface area contributed by atoms with E-state index >= 15 is 0 Å². The first-order chi connectivity index (χ1) is 9.21. The van der Waals surface area contributed by atoms with Crippen molar-refractivity contribution in [1.82, 2.24) is 15.1 Å². The van der Waals surface area contributed by atoms with Crippen LogP contribution in [0.1, 0.15) is 32.9 Å². The molecule has 0 saturated heterocycles. The number of fused-ring (bicyclic) bond motifs is 1. The molecule has 0 aliphatic carbocycles. The summed E-state index contributed by atoms with van der Waals surface area (Å²) in [6, 6.07) is 9.11. The monoisotopic (exact) mass is 259 g/mol. The highest BCUT2D eigenvalue weighted by Gasteiger charge is 2.17. The Hall–Kier alpha value is -1.35. The Balaban J connectivity index is 2.30. The van der Waals surface area contributed by atoms with Crippen molar-refractivity contribution in [2.75, 3.05) is 7.05 Å². The predicted octanol–water partition coefficient (Wildman–Crippen LogP) is 3.23. The maximum Gasteiger partial charge on any atom is 0.0706 e. The van der Waals surface area contributed by atoms with Crippen LogP contribution in [0.25, 0.3) is 10.9 Å². The van der Waals surface area contributed by atoms with Gasteiger partial charge in [-0.2, -0.15) is 5.10 Å². The molecule has 1 N–H and O–H groups in total. The second-order valence-corrected chi connectivity index (χ2v) is 5.26. The fourth-order valence-electron chi connectivity index (χ4n) is 2.93. The zero-order valence-electron chi connectivity index (χ0n) is 12.5. The normalized spacial score (nSPS) is 14.7. The van der Waals surface area contributed by atoms with Gasteiger partial charge in [-0.3, -0.25) is 4.68 Å². The molecule has 1 heterocycles. The smallest absolute Gasteiger partial charge is 0.0706 e. The standard InChI is InChI=1S/C16H25N3/c1-5-14(17-4)12(3)11-15-13-9-7-8-10-16(13)19(6-2)18-15/h7-10,12,14,17H,5-6,11H2,1-4H3. The van der Waals surface area contributed by atoms with E-state index < -0.39 is 0 Å². The van der Waals surface area contributed by atoms with Crippen molar-refractivity contribution in [3.63, 3.8) is 0 Å². The summed E-state index contributed by atoms with van der Waals surface area (Å²) >= 11 is 0. The molecule has 0 radical (unpaired) electrons. The van der Waals surface area contributed by atoms with Gasteiger partial charge in [-0.15, -0.1) is 0 Å². The number of nitrogens with one attached hydrogen (secondary N) is 1. The third-order valence-electron chi connectivity index (χ3n) is 4.05. The molecule has 1 aromatic carbocycles. The van der Waals surface area contributed by atoms with E-state index in [1.165, 1.54) is 16.6 Å². The Morgan fingerprint density at radius 2 is 2.00 bits per heavy atom. The minimum Gasteiger partial charge on any atom is -0.317 e. The molecule has 0 saturated carbocycles. The number of hydrogen-bond acceptors (Lipinski definition) is 2. The lowest BCUT2D eigenvalue weighted by Crippen LogP contribution is -2.32. The maximum atomic E-state index is 4.79. The summed E-state index contributed by atoms with van der Waals surface area (Å²) in [5.74, 6) is 0.596. The van der Waals surface area contributed by atoms with Crippen LogP contribution < -0.4 is 5.32 Å². The number of benzene rings is 1. The summed E-state index contributed by atoms with van der Waals surface area (Å²) in [7, 11) is 2.05. The molecule has 2 atom stereocenters. The van der Waals surface area contributed by atoms with Gasteiger partial charge in [0.2, 0.25) is 0 Å². The molecule has 0 spiro atoms. The highest BCUT2D eigenvalue weighted by Crippen LogP contribution is 2.22. The minimum absolute atomic E-state index is 0.561. The van der Waals surface area contributed by atoms with Crippen LogP contribution in [0.4, 0.5) is 0 Å². The molecular weight excluding hydrogens is 234 g/mol. The average molecular weight is 259 g/mol.